The Morgan fingerprint density at radius 3 is 2.62 bits per heavy atom. The quantitative estimate of drug-likeness (QED) is 0.795. The molecule has 3 heteroatoms. The standard InChI is InChI=1S/C13H11NO2/c15-9-7-10-2-1-8-14-13(10)11-3-5-12(16)6-4-11/h1-6,8-9,16H,7H2. The SMILES string of the molecule is O=CCc1cccnc1-c1ccc(O)cc1. The third-order valence-electron chi connectivity index (χ3n) is 2.34. The predicted molar refractivity (Wildman–Crippen MR) is 61.1 cm³/mol. The Balaban J connectivity index is 2.46. The van der Waals surface area contributed by atoms with Crippen molar-refractivity contribution < 1.29 is 9.90 Å². The van der Waals surface area contributed by atoms with E-state index in [0.29, 0.717) is 6.42 Å². The van der Waals surface area contributed by atoms with Crippen LogP contribution >= 0.6 is 0 Å². The molecule has 1 aromatic heterocycles. The maximum absolute atomic E-state index is 10.5. The van der Waals surface area contributed by atoms with Crippen molar-refractivity contribution in [1.29, 1.82) is 0 Å². The van der Waals surface area contributed by atoms with Crippen molar-refractivity contribution in [3.63, 3.8) is 0 Å². The highest BCUT2D eigenvalue weighted by Crippen LogP contribution is 2.23. The van der Waals surface area contributed by atoms with Crippen molar-refractivity contribution in [1.82, 2.24) is 4.98 Å². The number of hydrogen-bond acceptors (Lipinski definition) is 3. The van der Waals surface area contributed by atoms with E-state index < -0.39 is 0 Å². The van der Waals surface area contributed by atoms with E-state index in [4.69, 9.17) is 0 Å². The number of aromatic hydroxyl groups is 1. The van der Waals surface area contributed by atoms with Gasteiger partial charge in [0, 0.05) is 18.2 Å². The smallest absolute Gasteiger partial charge is 0.124 e. The molecule has 0 aliphatic carbocycles. The van der Waals surface area contributed by atoms with Gasteiger partial charge in [-0.2, -0.15) is 0 Å². The van der Waals surface area contributed by atoms with Crippen molar-refractivity contribution in [2.24, 2.45) is 0 Å². The number of hydrogen-bond donors (Lipinski definition) is 1. The van der Waals surface area contributed by atoms with Crippen molar-refractivity contribution in [3.8, 4) is 17.0 Å². The Bertz CT molecular complexity index is 492. The van der Waals surface area contributed by atoms with Crippen molar-refractivity contribution >= 4 is 6.29 Å². The molecule has 1 N–H and O–H groups in total. The zero-order chi connectivity index (χ0) is 11.4. The summed E-state index contributed by atoms with van der Waals surface area (Å²) in [7, 11) is 0. The van der Waals surface area contributed by atoms with Crippen molar-refractivity contribution in [2.45, 2.75) is 6.42 Å². The lowest BCUT2D eigenvalue weighted by molar-refractivity contribution is -0.107. The van der Waals surface area contributed by atoms with Crippen LogP contribution in [0, 0.1) is 0 Å². The fraction of sp³-hybridized carbons (Fsp3) is 0.0769. The van der Waals surface area contributed by atoms with E-state index in [1.165, 1.54) is 0 Å². The van der Waals surface area contributed by atoms with Crippen LogP contribution in [0.1, 0.15) is 5.56 Å². The average Bonchev–Trinajstić information content (AvgIpc) is 2.32. The van der Waals surface area contributed by atoms with Gasteiger partial charge in [0.2, 0.25) is 0 Å². The van der Waals surface area contributed by atoms with E-state index in [2.05, 4.69) is 4.98 Å². The lowest BCUT2D eigenvalue weighted by Gasteiger charge is -2.05. The zero-order valence-corrected chi connectivity index (χ0v) is 8.63. The fourth-order valence-corrected chi connectivity index (χ4v) is 1.57. The molecule has 2 rings (SSSR count). The summed E-state index contributed by atoms with van der Waals surface area (Å²) in [6.07, 6.45) is 2.90. The number of benzene rings is 1. The van der Waals surface area contributed by atoms with E-state index in [-0.39, 0.29) is 5.75 Å². The van der Waals surface area contributed by atoms with Crippen LogP contribution in [0.15, 0.2) is 42.6 Å². The van der Waals surface area contributed by atoms with E-state index in [9.17, 15) is 9.90 Å². The van der Waals surface area contributed by atoms with Gasteiger partial charge in [-0.05, 0) is 35.9 Å². The second-order valence-electron chi connectivity index (χ2n) is 3.43. The van der Waals surface area contributed by atoms with E-state index in [0.717, 1.165) is 23.1 Å². The van der Waals surface area contributed by atoms with E-state index in [1.54, 1.807) is 30.5 Å². The molecule has 0 saturated heterocycles. The number of rotatable bonds is 3. The van der Waals surface area contributed by atoms with Gasteiger partial charge in [-0.15, -0.1) is 0 Å². The molecule has 80 valence electrons. The first-order valence-corrected chi connectivity index (χ1v) is 4.98. The highest BCUT2D eigenvalue weighted by molar-refractivity contribution is 5.68. The topological polar surface area (TPSA) is 50.2 Å². The molecule has 0 aliphatic heterocycles. The normalized spacial score (nSPS) is 10.0. The Kier molecular flexibility index (Phi) is 2.96. The molecule has 3 nitrogen and oxygen atoms in total. The monoisotopic (exact) mass is 213 g/mol. The van der Waals surface area contributed by atoms with Crippen LogP contribution < -0.4 is 0 Å². The van der Waals surface area contributed by atoms with Gasteiger partial charge >= 0.3 is 0 Å². The van der Waals surface area contributed by atoms with Crippen LogP contribution in [0.4, 0.5) is 0 Å². The number of phenols is 1. The summed E-state index contributed by atoms with van der Waals surface area (Å²) in [5.74, 6) is 0.219. The average molecular weight is 213 g/mol. The number of phenolic OH excluding ortho intramolecular Hbond substituents is 1. The molecule has 1 aromatic carbocycles. The Morgan fingerprint density at radius 1 is 1.19 bits per heavy atom. The van der Waals surface area contributed by atoms with E-state index in [1.807, 2.05) is 12.1 Å². The molecule has 0 radical (unpaired) electrons. The third kappa shape index (κ3) is 2.08. The van der Waals surface area contributed by atoms with Crippen LogP contribution in [0.2, 0.25) is 0 Å². The largest absolute Gasteiger partial charge is 0.508 e. The third-order valence-corrected chi connectivity index (χ3v) is 2.34. The van der Waals surface area contributed by atoms with Gasteiger partial charge in [0.15, 0.2) is 0 Å². The number of nitrogens with zero attached hydrogens (tertiary/aromatic N) is 1. The van der Waals surface area contributed by atoms with Gasteiger partial charge in [-0.25, -0.2) is 0 Å². The first-order valence-electron chi connectivity index (χ1n) is 4.98. The second kappa shape index (κ2) is 4.57. The number of pyridine rings is 1. The number of carbonyl (C=O) groups is 1. The van der Waals surface area contributed by atoms with Crippen LogP contribution in [0.25, 0.3) is 11.3 Å². The van der Waals surface area contributed by atoms with Gasteiger partial charge in [0.1, 0.15) is 12.0 Å². The van der Waals surface area contributed by atoms with Gasteiger partial charge < -0.3 is 9.90 Å². The molecule has 16 heavy (non-hydrogen) atoms. The molecule has 2 aromatic rings. The van der Waals surface area contributed by atoms with Gasteiger partial charge in [-0.1, -0.05) is 6.07 Å². The Hall–Kier alpha value is -2.16. The summed E-state index contributed by atoms with van der Waals surface area (Å²) in [6, 6.07) is 10.5. The molecule has 0 atom stereocenters. The fourth-order valence-electron chi connectivity index (χ4n) is 1.57. The van der Waals surface area contributed by atoms with E-state index >= 15 is 0 Å². The van der Waals surface area contributed by atoms with Crippen molar-refractivity contribution in [2.75, 3.05) is 0 Å². The van der Waals surface area contributed by atoms with Crippen LogP contribution in [-0.2, 0) is 11.2 Å². The first kappa shape index (κ1) is 10.4. The molecule has 0 amide bonds. The summed E-state index contributed by atoms with van der Waals surface area (Å²) in [4.78, 5) is 14.8. The summed E-state index contributed by atoms with van der Waals surface area (Å²) in [5, 5.41) is 9.20. The molecule has 0 spiro atoms. The second-order valence-corrected chi connectivity index (χ2v) is 3.43. The molecule has 0 fully saturated rings. The zero-order valence-electron chi connectivity index (χ0n) is 8.63. The summed E-state index contributed by atoms with van der Waals surface area (Å²) in [6.45, 7) is 0. The minimum Gasteiger partial charge on any atom is -0.508 e. The molecular weight excluding hydrogens is 202 g/mol. The van der Waals surface area contributed by atoms with Crippen LogP contribution in [-0.4, -0.2) is 16.4 Å². The first-order chi connectivity index (χ1) is 7.81. The number of aromatic nitrogens is 1. The Morgan fingerprint density at radius 2 is 1.94 bits per heavy atom. The van der Waals surface area contributed by atoms with Crippen LogP contribution in [0.3, 0.4) is 0 Å². The lowest BCUT2D eigenvalue weighted by Crippen LogP contribution is -1.93. The maximum Gasteiger partial charge on any atom is 0.124 e. The van der Waals surface area contributed by atoms with Gasteiger partial charge in [0.25, 0.3) is 0 Å². The molecule has 1 heterocycles. The van der Waals surface area contributed by atoms with Crippen molar-refractivity contribution in [3.05, 3.63) is 48.2 Å². The predicted octanol–water partition coefficient (Wildman–Crippen LogP) is 2.20. The highest BCUT2D eigenvalue weighted by Gasteiger charge is 2.05. The molecule has 0 aliphatic rings. The number of aldehydes is 1. The maximum atomic E-state index is 10.5. The highest BCUT2D eigenvalue weighted by atomic mass is 16.3. The summed E-state index contributed by atoms with van der Waals surface area (Å²) in [5.41, 5.74) is 2.58. The molecule has 0 bridgehead atoms. The summed E-state index contributed by atoms with van der Waals surface area (Å²) >= 11 is 0. The summed E-state index contributed by atoms with van der Waals surface area (Å²) < 4.78 is 0. The minimum absolute atomic E-state index is 0.219. The van der Waals surface area contributed by atoms with Crippen LogP contribution in [0.5, 0.6) is 5.75 Å². The molecule has 0 unspecified atom stereocenters. The van der Waals surface area contributed by atoms with Gasteiger partial charge in [0.05, 0.1) is 5.69 Å². The lowest BCUT2D eigenvalue weighted by atomic mass is 10.0. The molecular formula is C13H11NO2. The Labute approximate surface area is 93.4 Å². The minimum atomic E-state index is 0.219. The number of carbonyl (C=O) groups excluding carboxylic acids is 1. The molecule has 0 saturated carbocycles. The van der Waals surface area contributed by atoms with Gasteiger partial charge in [-0.3, -0.25) is 4.98 Å².